The number of anilines is 1. The Morgan fingerprint density at radius 2 is 1.69 bits per heavy atom. The molecule has 2 aromatic carbocycles. The van der Waals surface area contributed by atoms with E-state index in [0.29, 0.717) is 16.8 Å². The van der Waals surface area contributed by atoms with Crippen LogP contribution in [0.25, 0.3) is 0 Å². The summed E-state index contributed by atoms with van der Waals surface area (Å²) in [6.07, 6.45) is 0. The minimum absolute atomic E-state index is 0.0141. The second-order valence-electron chi connectivity index (χ2n) is 3.46. The van der Waals surface area contributed by atoms with Gasteiger partial charge in [-0.05, 0) is 36.4 Å². The van der Waals surface area contributed by atoms with Gasteiger partial charge in [0.15, 0.2) is 5.78 Å². The third-order valence-electron chi connectivity index (χ3n) is 2.26. The van der Waals surface area contributed by atoms with E-state index in [1.807, 2.05) is 12.1 Å². The summed E-state index contributed by atoms with van der Waals surface area (Å²) in [7, 11) is 0. The second-order valence-corrected chi connectivity index (χ2v) is 4.38. The highest BCUT2D eigenvalue weighted by Crippen LogP contribution is 2.15. The molecule has 2 N–H and O–H groups in total. The summed E-state index contributed by atoms with van der Waals surface area (Å²) in [5.41, 5.74) is 7.51. The number of ketones is 1. The quantitative estimate of drug-likeness (QED) is 0.675. The van der Waals surface area contributed by atoms with Gasteiger partial charge in [0.25, 0.3) is 0 Å². The van der Waals surface area contributed by atoms with E-state index < -0.39 is 0 Å². The minimum atomic E-state index is -0.0141. The zero-order valence-electron chi connectivity index (χ0n) is 8.48. The lowest BCUT2D eigenvalue weighted by Gasteiger charge is -2.02. The molecule has 0 fully saturated rings. The van der Waals surface area contributed by atoms with Gasteiger partial charge in [0.2, 0.25) is 0 Å². The van der Waals surface area contributed by atoms with E-state index in [1.54, 1.807) is 36.4 Å². The molecule has 0 aliphatic carbocycles. The highest BCUT2D eigenvalue weighted by molar-refractivity contribution is 9.10. The summed E-state index contributed by atoms with van der Waals surface area (Å²) in [4.78, 5) is 12.0. The van der Waals surface area contributed by atoms with Gasteiger partial charge in [0, 0.05) is 21.3 Å². The predicted octanol–water partition coefficient (Wildman–Crippen LogP) is 3.26. The molecule has 0 unspecified atom stereocenters. The summed E-state index contributed by atoms with van der Waals surface area (Å²) in [5.74, 6) is -0.0141. The molecule has 0 aliphatic rings. The van der Waals surface area contributed by atoms with E-state index in [4.69, 9.17) is 5.73 Å². The van der Waals surface area contributed by atoms with Gasteiger partial charge in [-0.2, -0.15) is 0 Å². The lowest BCUT2D eigenvalue weighted by molar-refractivity contribution is 0.103. The van der Waals surface area contributed by atoms with E-state index in [1.165, 1.54) is 0 Å². The van der Waals surface area contributed by atoms with Crippen LogP contribution in [0.15, 0.2) is 53.0 Å². The topological polar surface area (TPSA) is 43.1 Å². The molecule has 0 saturated heterocycles. The fraction of sp³-hybridized carbons (Fsp3) is 0. The molecule has 0 saturated carbocycles. The number of carbonyl (C=O) groups is 1. The molecule has 16 heavy (non-hydrogen) atoms. The molecule has 0 spiro atoms. The van der Waals surface area contributed by atoms with E-state index in [0.717, 1.165) is 4.47 Å². The Morgan fingerprint density at radius 1 is 1.00 bits per heavy atom. The lowest BCUT2D eigenvalue weighted by atomic mass is 10.0. The monoisotopic (exact) mass is 275 g/mol. The third kappa shape index (κ3) is 2.31. The normalized spacial score (nSPS) is 10.1. The zero-order valence-corrected chi connectivity index (χ0v) is 10.1. The molecule has 0 amide bonds. The van der Waals surface area contributed by atoms with Crippen LogP contribution in [0.3, 0.4) is 0 Å². The Balaban J connectivity index is 2.35. The average molecular weight is 276 g/mol. The molecule has 2 nitrogen and oxygen atoms in total. The van der Waals surface area contributed by atoms with Crippen molar-refractivity contribution in [2.24, 2.45) is 0 Å². The minimum Gasteiger partial charge on any atom is -0.399 e. The van der Waals surface area contributed by atoms with Crippen LogP contribution < -0.4 is 5.73 Å². The Morgan fingerprint density at radius 3 is 2.31 bits per heavy atom. The molecule has 0 aliphatic heterocycles. The number of hydrogen-bond donors (Lipinski definition) is 1. The summed E-state index contributed by atoms with van der Waals surface area (Å²) in [6.45, 7) is 0. The first kappa shape index (κ1) is 10.9. The molecule has 0 atom stereocenters. The Hall–Kier alpha value is -1.61. The van der Waals surface area contributed by atoms with Crippen molar-refractivity contribution in [2.45, 2.75) is 0 Å². The maximum Gasteiger partial charge on any atom is 0.193 e. The Kier molecular flexibility index (Phi) is 3.06. The largest absolute Gasteiger partial charge is 0.399 e. The Labute approximate surface area is 102 Å². The van der Waals surface area contributed by atoms with Gasteiger partial charge in [-0.25, -0.2) is 0 Å². The molecule has 0 radical (unpaired) electrons. The van der Waals surface area contributed by atoms with Crippen LogP contribution in [-0.2, 0) is 0 Å². The van der Waals surface area contributed by atoms with E-state index in [-0.39, 0.29) is 5.78 Å². The van der Waals surface area contributed by atoms with E-state index in [2.05, 4.69) is 15.9 Å². The smallest absolute Gasteiger partial charge is 0.193 e. The first-order chi connectivity index (χ1) is 7.66. The molecule has 3 heteroatoms. The highest BCUT2D eigenvalue weighted by Gasteiger charge is 2.08. The van der Waals surface area contributed by atoms with Crippen LogP contribution >= 0.6 is 15.9 Å². The molecule has 0 bridgehead atoms. The first-order valence-corrected chi connectivity index (χ1v) is 5.62. The molecule has 0 heterocycles. The number of nitrogens with two attached hydrogens (primary N) is 1. The van der Waals surface area contributed by atoms with Crippen molar-refractivity contribution in [3.8, 4) is 0 Å². The van der Waals surface area contributed by atoms with Crippen molar-refractivity contribution in [3.63, 3.8) is 0 Å². The molecule has 2 rings (SSSR count). The number of halogens is 1. The van der Waals surface area contributed by atoms with Crippen LogP contribution in [-0.4, -0.2) is 5.78 Å². The second kappa shape index (κ2) is 4.49. The lowest BCUT2D eigenvalue weighted by Crippen LogP contribution is -2.01. The van der Waals surface area contributed by atoms with Crippen molar-refractivity contribution >= 4 is 27.4 Å². The van der Waals surface area contributed by atoms with Gasteiger partial charge >= 0.3 is 0 Å². The van der Waals surface area contributed by atoms with Crippen molar-refractivity contribution < 1.29 is 4.79 Å². The molecule has 2 aromatic rings. The van der Waals surface area contributed by atoms with Gasteiger partial charge in [-0.3, -0.25) is 4.79 Å². The van der Waals surface area contributed by atoms with Gasteiger partial charge in [-0.1, -0.05) is 28.1 Å². The van der Waals surface area contributed by atoms with Crippen LogP contribution in [0.4, 0.5) is 5.69 Å². The first-order valence-electron chi connectivity index (χ1n) is 4.82. The maximum absolute atomic E-state index is 12.0. The van der Waals surface area contributed by atoms with Crippen molar-refractivity contribution in [3.05, 3.63) is 64.1 Å². The number of hydrogen-bond acceptors (Lipinski definition) is 2. The van der Waals surface area contributed by atoms with Crippen LogP contribution in [0, 0.1) is 0 Å². The van der Waals surface area contributed by atoms with Crippen LogP contribution in [0.1, 0.15) is 15.9 Å². The van der Waals surface area contributed by atoms with Crippen molar-refractivity contribution in [1.29, 1.82) is 0 Å². The van der Waals surface area contributed by atoms with Gasteiger partial charge < -0.3 is 5.73 Å². The zero-order chi connectivity index (χ0) is 11.5. The van der Waals surface area contributed by atoms with Crippen molar-refractivity contribution in [2.75, 3.05) is 5.73 Å². The van der Waals surface area contributed by atoms with Gasteiger partial charge in [0.1, 0.15) is 0 Å². The number of nitrogen functional groups attached to an aromatic ring is 1. The van der Waals surface area contributed by atoms with Crippen LogP contribution in [0.2, 0.25) is 0 Å². The Bertz CT molecular complexity index is 520. The molecule has 0 aromatic heterocycles. The van der Waals surface area contributed by atoms with E-state index >= 15 is 0 Å². The third-order valence-corrected chi connectivity index (χ3v) is 2.78. The summed E-state index contributed by atoms with van der Waals surface area (Å²) in [6, 6.07) is 14.3. The fourth-order valence-electron chi connectivity index (χ4n) is 1.45. The molecular formula is C13H10BrNO. The SMILES string of the molecule is Nc1cccc(C(=O)c2ccc(Br)cc2)c1. The highest BCUT2D eigenvalue weighted by atomic mass is 79.9. The number of benzene rings is 2. The summed E-state index contributed by atoms with van der Waals surface area (Å²) >= 11 is 3.33. The standard InChI is InChI=1S/C13H10BrNO/c14-11-6-4-9(5-7-11)13(16)10-2-1-3-12(15)8-10/h1-8H,15H2. The summed E-state index contributed by atoms with van der Waals surface area (Å²) in [5, 5.41) is 0. The van der Waals surface area contributed by atoms with Gasteiger partial charge in [0.05, 0.1) is 0 Å². The number of rotatable bonds is 2. The predicted molar refractivity (Wildman–Crippen MR) is 68.4 cm³/mol. The van der Waals surface area contributed by atoms with Crippen LogP contribution in [0.5, 0.6) is 0 Å². The molecule has 80 valence electrons. The molecular weight excluding hydrogens is 266 g/mol. The van der Waals surface area contributed by atoms with Crippen molar-refractivity contribution in [1.82, 2.24) is 0 Å². The average Bonchev–Trinajstić information content (AvgIpc) is 2.29. The van der Waals surface area contributed by atoms with Gasteiger partial charge in [-0.15, -0.1) is 0 Å². The summed E-state index contributed by atoms with van der Waals surface area (Å²) < 4.78 is 0.955. The maximum atomic E-state index is 12.0. The van der Waals surface area contributed by atoms with E-state index in [9.17, 15) is 4.79 Å². The fourth-order valence-corrected chi connectivity index (χ4v) is 1.71. The number of carbonyl (C=O) groups excluding carboxylic acids is 1.